The van der Waals surface area contributed by atoms with Crippen LogP contribution in [0.4, 0.5) is 28.8 Å². The molecule has 9 rings (SSSR count). The molecule has 1 aliphatic carbocycles. The fourth-order valence-corrected chi connectivity index (χ4v) is 9.89. The first-order valence-electron chi connectivity index (χ1n) is 20.2. The lowest BCUT2D eigenvalue weighted by Crippen LogP contribution is -2.53. The number of rotatable bonds is 7. The van der Waals surface area contributed by atoms with Gasteiger partial charge in [-0.2, -0.15) is 4.98 Å². The maximum atomic E-state index is 13.6. The van der Waals surface area contributed by atoms with Gasteiger partial charge in [0.15, 0.2) is 0 Å². The van der Waals surface area contributed by atoms with Gasteiger partial charge >= 0.3 is 0 Å². The fourth-order valence-electron chi connectivity index (χ4n) is 9.89. The number of pyridine rings is 1. The Hall–Kier alpha value is -5.53. The van der Waals surface area contributed by atoms with Crippen LogP contribution in [0.2, 0.25) is 0 Å². The standard InChI is InChI=1S/C42H50N10O4/c1-26-36-30(9-6-10-31(36)52(39(26)55)32-12-14-35(53)46-38(32)54)50-21-17-42(18-22-50)15-19-49(20-16-42)29-11-13-34(43-25-29)45-41-44-24-27-23-33(40(56)48(2)3)51(37(27)47-41)28-7-4-5-8-28/h6,9-11,13,23-26,28,32H,4-5,7-8,12,14-22H2,1-3H3,(H,46,53,54)(H,43,44,45,47)/t26-,32-/m0/s1. The summed E-state index contributed by atoms with van der Waals surface area (Å²) in [6, 6.07) is 11.6. The minimum Gasteiger partial charge on any atom is -0.371 e. The second kappa shape index (κ2) is 14.2. The van der Waals surface area contributed by atoms with Crippen molar-refractivity contribution in [3.63, 3.8) is 0 Å². The van der Waals surface area contributed by atoms with Crippen LogP contribution < -0.4 is 25.3 Å². The summed E-state index contributed by atoms with van der Waals surface area (Å²) in [5.74, 6) is 0.00286. The molecule has 0 bridgehead atoms. The number of carbonyl (C=O) groups excluding carboxylic acids is 4. The summed E-state index contributed by atoms with van der Waals surface area (Å²) in [5.41, 5.74) is 5.69. The lowest BCUT2D eigenvalue weighted by atomic mass is 9.71. The highest BCUT2D eigenvalue weighted by Gasteiger charge is 2.45. The third kappa shape index (κ3) is 6.32. The van der Waals surface area contributed by atoms with E-state index in [2.05, 4.69) is 42.1 Å². The van der Waals surface area contributed by atoms with Gasteiger partial charge in [0, 0.05) is 75.6 Å². The Bertz CT molecular complexity index is 2190. The lowest BCUT2D eigenvalue weighted by Gasteiger charge is -2.48. The van der Waals surface area contributed by atoms with E-state index in [4.69, 9.17) is 9.97 Å². The van der Waals surface area contributed by atoms with E-state index in [1.54, 1.807) is 30.1 Å². The van der Waals surface area contributed by atoms with E-state index in [1.165, 1.54) is 0 Å². The molecule has 2 atom stereocenters. The molecule has 5 aliphatic rings. The number of hydrogen-bond donors (Lipinski definition) is 2. The monoisotopic (exact) mass is 758 g/mol. The summed E-state index contributed by atoms with van der Waals surface area (Å²) < 4.78 is 2.12. The van der Waals surface area contributed by atoms with E-state index in [-0.39, 0.29) is 41.5 Å². The molecule has 0 unspecified atom stereocenters. The van der Waals surface area contributed by atoms with Crippen LogP contribution in [0.3, 0.4) is 0 Å². The van der Waals surface area contributed by atoms with Gasteiger partial charge in [0.05, 0.1) is 23.5 Å². The molecule has 4 aromatic rings. The van der Waals surface area contributed by atoms with E-state index >= 15 is 0 Å². The average molecular weight is 759 g/mol. The molecular weight excluding hydrogens is 709 g/mol. The van der Waals surface area contributed by atoms with Crippen LogP contribution in [0.5, 0.6) is 0 Å². The van der Waals surface area contributed by atoms with Crippen molar-refractivity contribution in [1.29, 1.82) is 0 Å². The molecule has 56 heavy (non-hydrogen) atoms. The fraction of sp³-hybridized carbons (Fsp3) is 0.500. The number of anilines is 5. The normalized spacial score (nSPS) is 22.6. The topological polar surface area (TPSA) is 149 Å². The van der Waals surface area contributed by atoms with Gasteiger partial charge in [0.25, 0.3) is 5.91 Å². The average Bonchev–Trinajstić information content (AvgIpc) is 3.93. The number of benzene rings is 1. The van der Waals surface area contributed by atoms with Crippen molar-refractivity contribution in [2.24, 2.45) is 5.41 Å². The second-order valence-corrected chi connectivity index (χ2v) is 16.6. The summed E-state index contributed by atoms with van der Waals surface area (Å²) in [7, 11) is 3.56. The van der Waals surface area contributed by atoms with Crippen molar-refractivity contribution in [2.45, 2.75) is 89.1 Å². The van der Waals surface area contributed by atoms with Gasteiger partial charge in [-0.25, -0.2) is 9.97 Å². The predicted molar refractivity (Wildman–Crippen MR) is 214 cm³/mol. The van der Waals surface area contributed by atoms with Gasteiger partial charge in [0.2, 0.25) is 23.7 Å². The highest BCUT2D eigenvalue weighted by molar-refractivity contribution is 6.13. The Morgan fingerprint density at radius 2 is 1.61 bits per heavy atom. The number of nitrogens with zero attached hydrogens (tertiary/aromatic N) is 8. The first kappa shape index (κ1) is 36.1. The zero-order valence-corrected chi connectivity index (χ0v) is 32.5. The predicted octanol–water partition coefficient (Wildman–Crippen LogP) is 5.53. The smallest absolute Gasteiger partial charge is 0.270 e. The van der Waals surface area contributed by atoms with Crippen LogP contribution in [0.1, 0.15) is 99.1 Å². The van der Waals surface area contributed by atoms with E-state index in [1.807, 2.05) is 37.4 Å². The van der Waals surface area contributed by atoms with Crippen molar-refractivity contribution in [2.75, 3.05) is 60.3 Å². The molecule has 2 N–H and O–H groups in total. The Labute approximate surface area is 326 Å². The molecule has 1 aromatic carbocycles. The zero-order chi connectivity index (χ0) is 38.7. The lowest BCUT2D eigenvalue weighted by molar-refractivity contribution is -0.135. The number of aromatic nitrogens is 4. The van der Waals surface area contributed by atoms with Gasteiger partial charge in [-0.05, 0) is 87.6 Å². The second-order valence-electron chi connectivity index (χ2n) is 16.6. The Kier molecular flexibility index (Phi) is 9.16. The van der Waals surface area contributed by atoms with Crippen LogP contribution in [-0.2, 0) is 14.4 Å². The number of fused-ring (bicyclic) bond motifs is 2. The summed E-state index contributed by atoms with van der Waals surface area (Å²) in [6.45, 7) is 5.71. The molecule has 0 radical (unpaired) electrons. The molecular formula is C42H50N10O4. The van der Waals surface area contributed by atoms with Gasteiger partial charge in [0.1, 0.15) is 23.2 Å². The van der Waals surface area contributed by atoms with Gasteiger partial charge < -0.3 is 24.6 Å². The van der Waals surface area contributed by atoms with Crippen molar-refractivity contribution >= 4 is 63.5 Å². The van der Waals surface area contributed by atoms with Crippen molar-refractivity contribution in [3.8, 4) is 0 Å². The van der Waals surface area contributed by atoms with Crippen LogP contribution in [0, 0.1) is 5.41 Å². The number of amides is 4. The summed E-state index contributed by atoms with van der Waals surface area (Å²) in [4.78, 5) is 73.5. The third-order valence-electron chi connectivity index (χ3n) is 13.1. The van der Waals surface area contributed by atoms with Crippen LogP contribution in [0.25, 0.3) is 11.0 Å². The first-order valence-corrected chi connectivity index (χ1v) is 20.2. The quantitative estimate of drug-likeness (QED) is 0.231. The van der Waals surface area contributed by atoms with Crippen molar-refractivity contribution in [1.82, 2.24) is 29.7 Å². The molecule has 4 fully saturated rings. The molecule has 4 amide bonds. The molecule has 1 spiro atoms. The molecule has 14 nitrogen and oxygen atoms in total. The minimum absolute atomic E-state index is 0.0270. The Morgan fingerprint density at radius 1 is 0.893 bits per heavy atom. The SMILES string of the molecule is C[C@@H]1C(=O)N([C@H]2CCC(=O)NC2=O)c2cccc(N3CCC4(CCN(c5ccc(Nc6ncc7cc(C(=O)N(C)C)n(C8CCCC8)c7n6)nc5)CC4)CC3)c21. The van der Waals surface area contributed by atoms with Crippen molar-refractivity contribution in [3.05, 3.63) is 60.0 Å². The summed E-state index contributed by atoms with van der Waals surface area (Å²) in [6.07, 6.45) is 13.1. The molecule has 3 aromatic heterocycles. The van der Waals surface area contributed by atoms with E-state index in [0.29, 0.717) is 23.9 Å². The van der Waals surface area contributed by atoms with E-state index in [9.17, 15) is 19.2 Å². The molecule has 3 saturated heterocycles. The zero-order valence-electron chi connectivity index (χ0n) is 32.5. The molecule has 4 aliphatic heterocycles. The molecule has 292 valence electrons. The minimum atomic E-state index is -0.656. The maximum absolute atomic E-state index is 13.6. The highest BCUT2D eigenvalue weighted by atomic mass is 16.2. The van der Waals surface area contributed by atoms with E-state index in [0.717, 1.165) is 111 Å². The first-order chi connectivity index (χ1) is 27.1. The number of imide groups is 1. The largest absolute Gasteiger partial charge is 0.371 e. The number of nitrogens with one attached hydrogen (secondary N) is 2. The Morgan fingerprint density at radius 3 is 2.29 bits per heavy atom. The number of piperidine rings is 3. The maximum Gasteiger partial charge on any atom is 0.270 e. The van der Waals surface area contributed by atoms with E-state index < -0.39 is 11.9 Å². The molecule has 1 saturated carbocycles. The van der Waals surface area contributed by atoms with Gasteiger partial charge in [-0.3, -0.25) is 29.4 Å². The van der Waals surface area contributed by atoms with Crippen molar-refractivity contribution < 1.29 is 19.2 Å². The van der Waals surface area contributed by atoms with Crippen LogP contribution >= 0.6 is 0 Å². The third-order valence-corrected chi connectivity index (χ3v) is 13.1. The highest BCUT2D eigenvalue weighted by Crippen LogP contribution is 2.48. The van der Waals surface area contributed by atoms with Crippen LogP contribution in [0.15, 0.2) is 48.8 Å². The van der Waals surface area contributed by atoms with Gasteiger partial charge in [-0.1, -0.05) is 18.9 Å². The molecule has 14 heteroatoms. The Balaban J connectivity index is 0.833. The van der Waals surface area contributed by atoms with Crippen LogP contribution in [-0.4, -0.2) is 94.4 Å². The summed E-state index contributed by atoms with van der Waals surface area (Å²) in [5, 5.41) is 6.58. The number of carbonyl (C=O) groups is 4. The summed E-state index contributed by atoms with van der Waals surface area (Å²) >= 11 is 0. The number of hydrogen-bond acceptors (Lipinski definition) is 10. The molecule has 7 heterocycles. The van der Waals surface area contributed by atoms with Gasteiger partial charge in [-0.15, -0.1) is 0 Å².